The van der Waals surface area contributed by atoms with Gasteiger partial charge in [-0.1, -0.05) is 36.4 Å². The number of carbonyl (C=O) groups excluding carboxylic acids is 1. The molecule has 1 unspecified atom stereocenters. The minimum atomic E-state index is -0.678. The molecule has 0 saturated carbocycles. The summed E-state index contributed by atoms with van der Waals surface area (Å²) >= 11 is 0. The number of benzene rings is 2. The summed E-state index contributed by atoms with van der Waals surface area (Å²) in [6.45, 7) is 1.13. The molecular formula is C17H16FNO2. The van der Waals surface area contributed by atoms with Crippen LogP contribution in [-0.4, -0.2) is 29.0 Å². The monoisotopic (exact) mass is 285 g/mol. The molecule has 1 aliphatic rings. The molecule has 108 valence electrons. The molecule has 1 saturated heterocycles. The Bertz CT molecular complexity index is 637. The van der Waals surface area contributed by atoms with Crippen LogP contribution < -0.4 is 0 Å². The fourth-order valence-electron chi connectivity index (χ4n) is 2.82. The average Bonchev–Trinajstić information content (AvgIpc) is 2.97. The molecule has 2 aromatic rings. The highest BCUT2D eigenvalue weighted by molar-refractivity contribution is 5.97. The number of phenols is 1. The van der Waals surface area contributed by atoms with Crippen molar-refractivity contribution in [2.75, 3.05) is 13.1 Å². The Morgan fingerprint density at radius 3 is 2.62 bits per heavy atom. The first-order valence-electron chi connectivity index (χ1n) is 6.98. The van der Waals surface area contributed by atoms with E-state index in [1.165, 1.54) is 23.8 Å². The van der Waals surface area contributed by atoms with Gasteiger partial charge in [0.05, 0.1) is 0 Å². The van der Waals surface area contributed by atoms with Crippen molar-refractivity contribution in [3.63, 3.8) is 0 Å². The molecule has 0 bridgehead atoms. The van der Waals surface area contributed by atoms with Gasteiger partial charge in [0.1, 0.15) is 17.1 Å². The second-order valence-corrected chi connectivity index (χ2v) is 5.28. The van der Waals surface area contributed by atoms with E-state index in [-0.39, 0.29) is 17.2 Å². The molecule has 0 aromatic heterocycles. The van der Waals surface area contributed by atoms with Gasteiger partial charge >= 0.3 is 0 Å². The highest BCUT2D eigenvalue weighted by atomic mass is 19.1. The summed E-state index contributed by atoms with van der Waals surface area (Å²) in [5.74, 6) is -1.15. The largest absolute Gasteiger partial charge is 0.507 e. The molecule has 1 atom stereocenters. The molecule has 0 aliphatic carbocycles. The maximum Gasteiger partial charge on any atom is 0.260 e. The predicted molar refractivity (Wildman–Crippen MR) is 77.8 cm³/mol. The number of rotatable bonds is 2. The number of halogens is 1. The zero-order valence-electron chi connectivity index (χ0n) is 11.5. The van der Waals surface area contributed by atoms with E-state index in [0.717, 1.165) is 6.42 Å². The number of phenolic OH excluding ortho intramolecular Hbond substituents is 1. The molecule has 21 heavy (non-hydrogen) atoms. The molecule has 1 aliphatic heterocycles. The fraction of sp³-hybridized carbons (Fsp3) is 0.235. The van der Waals surface area contributed by atoms with Crippen molar-refractivity contribution >= 4 is 5.91 Å². The van der Waals surface area contributed by atoms with Gasteiger partial charge in [-0.2, -0.15) is 0 Å². The Kier molecular flexibility index (Phi) is 3.60. The smallest absolute Gasteiger partial charge is 0.260 e. The third-order valence-electron chi connectivity index (χ3n) is 3.95. The number of amides is 1. The van der Waals surface area contributed by atoms with Crippen molar-refractivity contribution in [2.45, 2.75) is 12.3 Å². The first kappa shape index (κ1) is 13.6. The predicted octanol–water partition coefficient (Wildman–Crippen LogP) is 3.16. The summed E-state index contributed by atoms with van der Waals surface area (Å²) in [5.41, 5.74) is 0.955. The van der Waals surface area contributed by atoms with Crippen LogP contribution in [0.2, 0.25) is 0 Å². The molecule has 2 aromatic carbocycles. The lowest BCUT2D eigenvalue weighted by Crippen LogP contribution is -2.29. The zero-order chi connectivity index (χ0) is 14.8. The van der Waals surface area contributed by atoms with E-state index in [9.17, 15) is 14.3 Å². The Morgan fingerprint density at radius 2 is 1.90 bits per heavy atom. The van der Waals surface area contributed by atoms with Crippen LogP contribution in [0.1, 0.15) is 28.3 Å². The number of nitrogens with zero attached hydrogens (tertiary/aromatic N) is 1. The minimum Gasteiger partial charge on any atom is -0.507 e. The third-order valence-corrected chi connectivity index (χ3v) is 3.95. The lowest BCUT2D eigenvalue weighted by Gasteiger charge is -2.17. The standard InChI is InChI=1S/C17H16FNO2/c18-14-7-4-8-15(20)16(14)17(21)19-10-9-13(11-19)12-5-2-1-3-6-12/h1-8,13,20H,9-11H2. The molecule has 0 spiro atoms. The quantitative estimate of drug-likeness (QED) is 0.920. The van der Waals surface area contributed by atoms with Crippen molar-refractivity contribution in [1.82, 2.24) is 4.90 Å². The summed E-state index contributed by atoms with van der Waals surface area (Å²) in [6, 6.07) is 13.9. The Hall–Kier alpha value is -2.36. The van der Waals surface area contributed by atoms with E-state index in [1.807, 2.05) is 30.3 Å². The van der Waals surface area contributed by atoms with Crippen LogP contribution in [-0.2, 0) is 0 Å². The molecule has 1 heterocycles. The summed E-state index contributed by atoms with van der Waals surface area (Å²) in [6.07, 6.45) is 0.852. The molecule has 4 heteroatoms. The number of hydrogen-bond acceptors (Lipinski definition) is 2. The SMILES string of the molecule is O=C(c1c(O)cccc1F)N1CCC(c2ccccc2)C1. The first-order chi connectivity index (χ1) is 10.2. The van der Waals surface area contributed by atoms with Crippen LogP contribution in [0, 0.1) is 5.82 Å². The number of hydrogen-bond donors (Lipinski definition) is 1. The average molecular weight is 285 g/mol. The summed E-state index contributed by atoms with van der Waals surface area (Å²) in [4.78, 5) is 14.0. The lowest BCUT2D eigenvalue weighted by molar-refractivity contribution is 0.0783. The van der Waals surface area contributed by atoms with Crippen molar-refractivity contribution in [3.05, 3.63) is 65.5 Å². The lowest BCUT2D eigenvalue weighted by atomic mass is 9.99. The maximum atomic E-state index is 13.8. The van der Waals surface area contributed by atoms with Gasteiger partial charge in [0.15, 0.2) is 0 Å². The summed E-state index contributed by atoms with van der Waals surface area (Å²) in [7, 11) is 0. The summed E-state index contributed by atoms with van der Waals surface area (Å²) in [5, 5.41) is 9.72. The van der Waals surface area contributed by atoms with Crippen LogP contribution in [0.3, 0.4) is 0 Å². The third kappa shape index (κ3) is 2.61. The van der Waals surface area contributed by atoms with E-state index in [1.54, 1.807) is 4.90 Å². The second-order valence-electron chi connectivity index (χ2n) is 5.28. The molecule has 3 rings (SSSR count). The Balaban J connectivity index is 1.79. The van der Waals surface area contributed by atoms with E-state index in [2.05, 4.69) is 0 Å². The van der Waals surface area contributed by atoms with Crippen molar-refractivity contribution in [1.29, 1.82) is 0 Å². The van der Waals surface area contributed by atoms with Crippen molar-refractivity contribution < 1.29 is 14.3 Å². The van der Waals surface area contributed by atoms with Gasteiger partial charge in [0.25, 0.3) is 5.91 Å². The van der Waals surface area contributed by atoms with E-state index >= 15 is 0 Å². The van der Waals surface area contributed by atoms with Gasteiger partial charge < -0.3 is 10.0 Å². The zero-order valence-corrected chi connectivity index (χ0v) is 11.5. The molecule has 3 nitrogen and oxygen atoms in total. The van der Waals surface area contributed by atoms with E-state index < -0.39 is 11.7 Å². The van der Waals surface area contributed by atoms with Gasteiger partial charge in [-0.3, -0.25) is 4.79 Å². The molecule has 1 amide bonds. The van der Waals surface area contributed by atoms with Crippen LogP contribution >= 0.6 is 0 Å². The van der Waals surface area contributed by atoms with Crippen LogP contribution in [0.5, 0.6) is 5.75 Å². The minimum absolute atomic E-state index is 0.230. The van der Waals surface area contributed by atoms with Crippen molar-refractivity contribution in [3.8, 4) is 5.75 Å². The molecule has 1 N–H and O–H groups in total. The van der Waals surface area contributed by atoms with Crippen molar-refractivity contribution in [2.24, 2.45) is 0 Å². The molecule has 0 radical (unpaired) electrons. The number of carbonyl (C=O) groups is 1. The highest BCUT2D eigenvalue weighted by Crippen LogP contribution is 2.30. The first-order valence-corrected chi connectivity index (χ1v) is 6.98. The van der Waals surface area contributed by atoms with Crippen LogP contribution in [0.15, 0.2) is 48.5 Å². The maximum absolute atomic E-state index is 13.8. The molecule has 1 fully saturated rings. The van der Waals surface area contributed by atoms with Gasteiger partial charge in [-0.15, -0.1) is 0 Å². The number of aromatic hydroxyl groups is 1. The topological polar surface area (TPSA) is 40.5 Å². The number of likely N-dealkylation sites (tertiary alicyclic amines) is 1. The second kappa shape index (κ2) is 5.56. The Morgan fingerprint density at radius 1 is 1.14 bits per heavy atom. The van der Waals surface area contributed by atoms with Crippen LogP contribution in [0.4, 0.5) is 4.39 Å². The fourth-order valence-corrected chi connectivity index (χ4v) is 2.82. The van der Waals surface area contributed by atoms with E-state index in [4.69, 9.17) is 0 Å². The Labute approximate surface area is 122 Å². The van der Waals surface area contributed by atoms with Gasteiger partial charge in [-0.25, -0.2) is 4.39 Å². The van der Waals surface area contributed by atoms with Gasteiger partial charge in [0.2, 0.25) is 0 Å². The van der Waals surface area contributed by atoms with Crippen LogP contribution in [0.25, 0.3) is 0 Å². The van der Waals surface area contributed by atoms with Gasteiger partial charge in [0, 0.05) is 19.0 Å². The molecular weight excluding hydrogens is 269 g/mol. The van der Waals surface area contributed by atoms with E-state index in [0.29, 0.717) is 13.1 Å². The highest BCUT2D eigenvalue weighted by Gasteiger charge is 2.30. The van der Waals surface area contributed by atoms with Gasteiger partial charge in [-0.05, 0) is 24.1 Å². The summed E-state index contributed by atoms with van der Waals surface area (Å²) < 4.78 is 13.8. The normalized spacial score (nSPS) is 18.0.